The minimum absolute atomic E-state index is 0.00251. The van der Waals surface area contributed by atoms with E-state index >= 15 is 0 Å². The van der Waals surface area contributed by atoms with Crippen LogP contribution in [0.25, 0.3) is 0 Å². The average molecular weight is 450 g/mol. The van der Waals surface area contributed by atoms with Crippen LogP contribution in [0.1, 0.15) is 17.7 Å². The van der Waals surface area contributed by atoms with Gasteiger partial charge < -0.3 is 14.6 Å². The Kier molecular flexibility index (Phi) is 5.12. The third-order valence-electron chi connectivity index (χ3n) is 6.03. The van der Waals surface area contributed by atoms with Gasteiger partial charge in [-0.1, -0.05) is 0 Å². The summed E-state index contributed by atoms with van der Waals surface area (Å²) >= 11 is 0. The minimum atomic E-state index is -3.52. The molecule has 2 aliphatic heterocycles. The summed E-state index contributed by atoms with van der Waals surface area (Å²) in [6, 6.07) is 2.20. The molecule has 2 aromatic rings. The molecule has 2 aromatic heterocycles. The monoisotopic (exact) mass is 450 g/mol. The van der Waals surface area contributed by atoms with Crippen molar-refractivity contribution in [2.45, 2.75) is 37.1 Å². The molecule has 0 aliphatic carbocycles. The first-order valence-electron chi connectivity index (χ1n) is 9.73. The quantitative estimate of drug-likeness (QED) is 0.566. The molecule has 4 rings (SSSR count). The van der Waals surface area contributed by atoms with Gasteiger partial charge in [-0.2, -0.15) is 0 Å². The minimum Gasteiger partial charge on any atom is -0.469 e. The van der Waals surface area contributed by atoms with Crippen LogP contribution in [-0.2, 0) is 32.4 Å². The van der Waals surface area contributed by atoms with E-state index in [2.05, 4.69) is 10.3 Å². The van der Waals surface area contributed by atoms with Gasteiger partial charge in [0.05, 0.1) is 24.5 Å². The van der Waals surface area contributed by atoms with E-state index < -0.39 is 37.8 Å². The second kappa shape index (κ2) is 7.52. The Balaban J connectivity index is 1.43. The number of sulfone groups is 1. The first-order chi connectivity index (χ1) is 14.6. The normalized spacial score (nSPS) is 21.1. The third kappa shape index (κ3) is 3.71. The van der Waals surface area contributed by atoms with E-state index in [0.29, 0.717) is 5.76 Å². The number of H-pyrrole nitrogens is 1. The highest BCUT2D eigenvalue weighted by atomic mass is 32.2. The molecule has 2 saturated heterocycles. The molecule has 4 heterocycles. The van der Waals surface area contributed by atoms with E-state index in [-0.39, 0.29) is 44.1 Å². The predicted molar refractivity (Wildman–Crippen MR) is 108 cm³/mol. The maximum atomic E-state index is 12.7. The van der Waals surface area contributed by atoms with Crippen LogP contribution in [-0.4, -0.2) is 64.3 Å². The Labute approximate surface area is 177 Å². The van der Waals surface area contributed by atoms with Crippen LogP contribution < -0.4 is 16.6 Å². The zero-order valence-corrected chi connectivity index (χ0v) is 17.6. The van der Waals surface area contributed by atoms with Crippen molar-refractivity contribution in [3.8, 4) is 0 Å². The summed E-state index contributed by atoms with van der Waals surface area (Å²) < 4.78 is 30.6. The molecule has 2 aliphatic rings. The van der Waals surface area contributed by atoms with Crippen LogP contribution in [0.15, 0.2) is 38.6 Å². The topological polar surface area (TPSA) is 152 Å². The number of rotatable bonds is 5. The highest BCUT2D eigenvalue weighted by molar-refractivity contribution is 7.93. The van der Waals surface area contributed by atoms with Crippen molar-refractivity contribution in [3.05, 3.63) is 56.8 Å². The molecule has 0 aromatic carbocycles. The molecular formula is C19H22N4O7S. The van der Waals surface area contributed by atoms with Gasteiger partial charge >= 0.3 is 5.69 Å². The molecule has 2 amide bonds. The van der Waals surface area contributed by atoms with E-state index in [0.717, 1.165) is 16.2 Å². The number of aromatic amines is 1. The summed E-state index contributed by atoms with van der Waals surface area (Å²) in [6.07, 6.45) is 2.97. The van der Waals surface area contributed by atoms with Crippen molar-refractivity contribution in [3.63, 3.8) is 0 Å². The second-order valence-corrected chi connectivity index (χ2v) is 10.4. The first kappa shape index (κ1) is 21.1. The third-order valence-corrected chi connectivity index (χ3v) is 8.58. The van der Waals surface area contributed by atoms with Crippen molar-refractivity contribution in [1.82, 2.24) is 19.8 Å². The summed E-state index contributed by atoms with van der Waals surface area (Å²) in [5.74, 6) is -0.339. The molecule has 0 bridgehead atoms. The van der Waals surface area contributed by atoms with E-state index in [9.17, 15) is 27.6 Å². The molecule has 1 unspecified atom stereocenters. The van der Waals surface area contributed by atoms with Gasteiger partial charge in [0.2, 0.25) is 11.8 Å². The molecule has 0 saturated carbocycles. The van der Waals surface area contributed by atoms with Crippen LogP contribution in [0, 0.1) is 6.92 Å². The maximum absolute atomic E-state index is 12.7. The predicted octanol–water partition coefficient (Wildman–Crippen LogP) is -1.43. The van der Waals surface area contributed by atoms with Gasteiger partial charge in [-0.3, -0.25) is 23.9 Å². The van der Waals surface area contributed by atoms with Crippen molar-refractivity contribution < 1.29 is 22.4 Å². The number of aromatic nitrogens is 2. The smallest absolute Gasteiger partial charge is 0.328 e. The molecular weight excluding hydrogens is 428 g/mol. The van der Waals surface area contributed by atoms with Gasteiger partial charge in [0.15, 0.2) is 9.84 Å². The van der Waals surface area contributed by atoms with E-state index in [1.54, 1.807) is 6.07 Å². The Morgan fingerprint density at radius 3 is 2.68 bits per heavy atom. The number of carbonyl (C=O) groups is 2. The highest BCUT2D eigenvalue weighted by Gasteiger charge is 2.63. The molecule has 11 nitrogen and oxygen atoms in total. The standard InChI is InChI=1S/C19H22N4O7S/c1-12-3-6-30-13(12)8-17(26)23-10-19(11-23)14(4-7-31(19,28)29)20-16(25)9-22-5-2-15(24)21-18(22)27/h2-3,5-6,14H,4,7-11H2,1H3,(H,20,25)(H,21,24,27). The molecule has 12 heteroatoms. The number of amides is 2. The van der Waals surface area contributed by atoms with E-state index in [1.807, 2.05) is 6.92 Å². The molecule has 166 valence electrons. The average Bonchev–Trinajstić information content (AvgIpc) is 3.16. The van der Waals surface area contributed by atoms with E-state index in [4.69, 9.17) is 4.42 Å². The zero-order valence-electron chi connectivity index (χ0n) is 16.8. The Hall–Kier alpha value is -3.15. The number of likely N-dealkylation sites (tertiary alicyclic amines) is 1. The van der Waals surface area contributed by atoms with Gasteiger partial charge in [-0.05, 0) is 25.0 Å². The van der Waals surface area contributed by atoms with Gasteiger partial charge in [-0.15, -0.1) is 0 Å². The number of hydrogen-bond donors (Lipinski definition) is 2. The van der Waals surface area contributed by atoms with Crippen molar-refractivity contribution in [2.75, 3.05) is 18.8 Å². The van der Waals surface area contributed by atoms with Gasteiger partial charge in [0.1, 0.15) is 17.1 Å². The second-order valence-electron chi connectivity index (χ2n) is 7.98. The number of aryl methyl sites for hydroxylation is 1. The fraction of sp³-hybridized carbons (Fsp3) is 0.474. The molecule has 0 radical (unpaired) electrons. The van der Waals surface area contributed by atoms with Gasteiger partial charge in [0, 0.05) is 25.4 Å². The van der Waals surface area contributed by atoms with E-state index in [1.165, 1.54) is 17.4 Å². The summed E-state index contributed by atoms with van der Waals surface area (Å²) in [7, 11) is -3.52. The Bertz CT molecular complexity index is 1250. The van der Waals surface area contributed by atoms with Crippen LogP contribution in [0.5, 0.6) is 0 Å². The summed E-state index contributed by atoms with van der Waals surface area (Å²) in [6.45, 7) is 1.46. The van der Waals surface area contributed by atoms with Crippen LogP contribution in [0.4, 0.5) is 0 Å². The van der Waals surface area contributed by atoms with Gasteiger partial charge in [0.25, 0.3) is 5.56 Å². The zero-order chi connectivity index (χ0) is 22.4. The summed E-state index contributed by atoms with van der Waals surface area (Å²) in [4.78, 5) is 51.4. The lowest BCUT2D eigenvalue weighted by Crippen LogP contribution is -2.72. The van der Waals surface area contributed by atoms with Crippen molar-refractivity contribution >= 4 is 21.7 Å². The highest BCUT2D eigenvalue weighted by Crippen LogP contribution is 2.40. The number of nitrogens with zero attached hydrogens (tertiary/aromatic N) is 2. The SMILES string of the molecule is Cc1ccoc1CC(=O)N1CC2(C1)C(NC(=O)Cn1ccc(=O)[nH]c1=O)CCS2(=O)=O. The van der Waals surface area contributed by atoms with Crippen LogP contribution in [0.3, 0.4) is 0 Å². The van der Waals surface area contributed by atoms with Crippen molar-refractivity contribution in [2.24, 2.45) is 0 Å². The molecule has 31 heavy (non-hydrogen) atoms. The number of nitrogens with one attached hydrogen (secondary N) is 2. The molecule has 2 fully saturated rings. The first-order valence-corrected chi connectivity index (χ1v) is 11.4. The number of carbonyl (C=O) groups excluding carboxylic acids is 2. The van der Waals surface area contributed by atoms with Gasteiger partial charge in [-0.25, -0.2) is 13.2 Å². The lowest BCUT2D eigenvalue weighted by Gasteiger charge is -2.49. The maximum Gasteiger partial charge on any atom is 0.328 e. The lowest BCUT2D eigenvalue weighted by molar-refractivity contribution is -0.136. The molecule has 1 spiro atoms. The largest absolute Gasteiger partial charge is 0.469 e. The Morgan fingerprint density at radius 2 is 2.03 bits per heavy atom. The van der Waals surface area contributed by atoms with Crippen LogP contribution in [0.2, 0.25) is 0 Å². The van der Waals surface area contributed by atoms with Crippen molar-refractivity contribution in [1.29, 1.82) is 0 Å². The number of furan rings is 1. The fourth-order valence-electron chi connectivity index (χ4n) is 4.15. The molecule has 2 N–H and O–H groups in total. The summed E-state index contributed by atoms with van der Waals surface area (Å²) in [5, 5.41) is 2.71. The summed E-state index contributed by atoms with van der Waals surface area (Å²) in [5.41, 5.74) is -0.462. The fourth-order valence-corrected chi connectivity index (χ4v) is 6.42. The Morgan fingerprint density at radius 1 is 1.29 bits per heavy atom. The number of hydrogen-bond acceptors (Lipinski definition) is 7. The molecule has 1 atom stereocenters. The lowest BCUT2D eigenvalue weighted by atomic mass is 9.88. The van der Waals surface area contributed by atoms with Crippen LogP contribution >= 0.6 is 0 Å².